The van der Waals surface area contributed by atoms with Crippen molar-refractivity contribution >= 4 is 0 Å². The zero-order valence-electron chi connectivity index (χ0n) is 9.26. The third-order valence-corrected chi connectivity index (χ3v) is 3.13. The van der Waals surface area contributed by atoms with Crippen LogP contribution in [0.2, 0.25) is 0 Å². The lowest BCUT2D eigenvalue weighted by Crippen LogP contribution is -2.03. The molecule has 0 saturated heterocycles. The molecule has 2 atom stereocenters. The SMILES string of the molecule is N[C@H]1C[C@@H]1c1ccc(-c2cc[nH]c(=O)c2)nc1. The highest BCUT2D eigenvalue weighted by Crippen LogP contribution is 2.38. The van der Waals surface area contributed by atoms with Crippen molar-refractivity contribution in [2.75, 3.05) is 0 Å². The standard InChI is InChI=1S/C13H13N3O/c14-11-6-10(11)9-1-2-12(16-7-9)8-3-4-15-13(17)5-8/h1-5,7,10-11H,6,14H2,(H,15,17)/t10-,11+/m1/s1. The molecule has 2 aromatic rings. The molecule has 1 aliphatic carbocycles. The van der Waals surface area contributed by atoms with Crippen LogP contribution in [0.1, 0.15) is 17.9 Å². The van der Waals surface area contributed by atoms with Crippen LogP contribution in [0.3, 0.4) is 0 Å². The smallest absolute Gasteiger partial charge is 0.248 e. The molecule has 0 spiro atoms. The van der Waals surface area contributed by atoms with Gasteiger partial charge in [0.2, 0.25) is 5.56 Å². The predicted octanol–water partition coefficient (Wildman–Crippen LogP) is 1.25. The Hall–Kier alpha value is -1.94. The maximum atomic E-state index is 11.2. The van der Waals surface area contributed by atoms with E-state index in [1.807, 2.05) is 24.4 Å². The first kappa shape index (κ1) is 10.2. The monoisotopic (exact) mass is 227 g/mol. The van der Waals surface area contributed by atoms with Crippen LogP contribution in [-0.4, -0.2) is 16.0 Å². The highest BCUT2D eigenvalue weighted by molar-refractivity contribution is 5.58. The third-order valence-electron chi connectivity index (χ3n) is 3.13. The number of aromatic amines is 1. The van der Waals surface area contributed by atoms with Crippen LogP contribution in [0.25, 0.3) is 11.3 Å². The number of aromatic nitrogens is 2. The Bertz CT molecular complexity index is 588. The molecule has 1 aliphatic rings. The van der Waals surface area contributed by atoms with Gasteiger partial charge in [-0.05, 0) is 24.1 Å². The van der Waals surface area contributed by atoms with Gasteiger partial charge in [-0.3, -0.25) is 9.78 Å². The summed E-state index contributed by atoms with van der Waals surface area (Å²) in [6.45, 7) is 0. The lowest BCUT2D eigenvalue weighted by atomic mass is 10.1. The Morgan fingerprint density at radius 1 is 1.35 bits per heavy atom. The highest BCUT2D eigenvalue weighted by Gasteiger charge is 2.34. The van der Waals surface area contributed by atoms with Gasteiger partial charge in [-0.15, -0.1) is 0 Å². The van der Waals surface area contributed by atoms with Crippen molar-refractivity contribution in [1.29, 1.82) is 0 Å². The molecule has 0 amide bonds. The van der Waals surface area contributed by atoms with E-state index in [1.165, 1.54) is 5.56 Å². The largest absolute Gasteiger partial charge is 0.329 e. The average Bonchev–Trinajstić information content (AvgIpc) is 3.07. The van der Waals surface area contributed by atoms with Crippen LogP contribution in [-0.2, 0) is 0 Å². The van der Waals surface area contributed by atoms with Gasteiger partial charge in [0.25, 0.3) is 0 Å². The van der Waals surface area contributed by atoms with E-state index in [-0.39, 0.29) is 5.56 Å². The topological polar surface area (TPSA) is 71.8 Å². The van der Waals surface area contributed by atoms with Crippen molar-refractivity contribution < 1.29 is 0 Å². The minimum Gasteiger partial charge on any atom is -0.329 e. The van der Waals surface area contributed by atoms with E-state index in [0.717, 1.165) is 17.7 Å². The van der Waals surface area contributed by atoms with E-state index in [2.05, 4.69) is 9.97 Å². The molecule has 4 nitrogen and oxygen atoms in total. The Labute approximate surface area is 98.5 Å². The van der Waals surface area contributed by atoms with E-state index >= 15 is 0 Å². The first-order chi connectivity index (χ1) is 8.24. The molecule has 1 saturated carbocycles. The maximum Gasteiger partial charge on any atom is 0.248 e. The average molecular weight is 227 g/mol. The van der Waals surface area contributed by atoms with Crippen LogP contribution in [0, 0.1) is 0 Å². The van der Waals surface area contributed by atoms with Crippen LogP contribution in [0.4, 0.5) is 0 Å². The predicted molar refractivity (Wildman–Crippen MR) is 65.6 cm³/mol. The zero-order chi connectivity index (χ0) is 11.8. The second-order valence-electron chi connectivity index (χ2n) is 4.42. The summed E-state index contributed by atoms with van der Waals surface area (Å²) in [6.07, 6.45) is 4.53. The van der Waals surface area contributed by atoms with Crippen LogP contribution in [0.5, 0.6) is 0 Å². The molecule has 1 fully saturated rings. The van der Waals surface area contributed by atoms with Crippen LogP contribution in [0.15, 0.2) is 41.5 Å². The minimum atomic E-state index is -0.113. The number of nitrogens with one attached hydrogen (secondary N) is 1. The molecule has 0 radical (unpaired) electrons. The van der Waals surface area contributed by atoms with Gasteiger partial charge in [0.15, 0.2) is 0 Å². The van der Waals surface area contributed by atoms with Gasteiger partial charge < -0.3 is 10.7 Å². The van der Waals surface area contributed by atoms with Crippen molar-refractivity contribution in [3.63, 3.8) is 0 Å². The first-order valence-corrected chi connectivity index (χ1v) is 5.65. The molecule has 86 valence electrons. The Morgan fingerprint density at radius 3 is 2.76 bits per heavy atom. The van der Waals surface area contributed by atoms with Crippen molar-refractivity contribution in [3.05, 3.63) is 52.6 Å². The van der Waals surface area contributed by atoms with Gasteiger partial charge in [-0.25, -0.2) is 0 Å². The molecule has 0 aliphatic heterocycles. The quantitative estimate of drug-likeness (QED) is 0.811. The second kappa shape index (κ2) is 3.82. The number of nitrogens with zero attached hydrogens (tertiary/aromatic N) is 1. The van der Waals surface area contributed by atoms with E-state index in [1.54, 1.807) is 12.3 Å². The van der Waals surface area contributed by atoms with Gasteiger partial charge in [0.05, 0.1) is 5.69 Å². The van der Waals surface area contributed by atoms with Gasteiger partial charge >= 0.3 is 0 Å². The Kier molecular flexibility index (Phi) is 2.30. The van der Waals surface area contributed by atoms with E-state index < -0.39 is 0 Å². The third kappa shape index (κ3) is 1.99. The molecule has 0 aromatic carbocycles. The van der Waals surface area contributed by atoms with Gasteiger partial charge in [0.1, 0.15) is 0 Å². The number of H-pyrrole nitrogens is 1. The molecule has 2 aromatic heterocycles. The summed E-state index contributed by atoms with van der Waals surface area (Å²) in [5.41, 5.74) is 8.51. The number of hydrogen-bond acceptors (Lipinski definition) is 3. The number of nitrogens with two attached hydrogens (primary N) is 1. The molecule has 17 heavy (non-hydrogen) atoms. The second-order valence-corrected chi connectivity index (χ2v) is 4.42. The Morgan fingerprint density at radius 2 is 2.18 bits per heavy atom. The molecule has 3 N–H and O–H groups in total. The molecule has 2 heterocycles. The fraction of sp³-hybridized carbons (Fsp3) is 0.231. The molecule has 0 unspecified atom stereocenters. The number of pyridine rings is 2. The Balaban J connectivity index is 1.92. The number of hydrogen-bond donors (Lipinski definition) is 2. The van der Waals surface area contributed by atoms with Crippen LogP contribution >= 0.6 is 0 Å². The summed E-state index contributed by atoms with van der Waals surface area (Å²) in [6, 6.07) is 7.66. The molecular weight excluding hydrogens is 214 g/mol. The summed E-state index contributed by atoms with van der Waals surface area (Å²) < 4.78 is 0. The van der Waals surface area contributed by atoms with E-state index in [4.69, 9.17) is 5.73 Å². The number of rotatable bonds is 2. The van der Waals surface area contributed by atoms with E-state index in [0.29, 0.717) is 12.0 Å². The summed E-state index contributed by atoms with van der Waals surface area (Å²) in [5.74, 6) is 0.468. The molecule has 0 bridgehead atoms. The van der Waals surface area contributed by atoms with E-state index in [9.17, 15) is 4.79 Å². The molecular formula is C13H13N3O. The zero-order valence-corrected chi connectivity index (χ0v) is 9.26. The fourth-order valence-corrected chi connectivity index (χ4v) is 2.00. The van der Waals surface area contributed by atoms with Crippen molar-refractivity contribution in [2.24, 2.45) is 5.73 Å². The fourth-order valence-electron chi connectivity index (χ4n) is 2.00. The lowest BCUT2D eigenvalue weighted by Gasteiger charge is -2.02. The van der Waals surface area contributed by atoms with Gasteiger partial charge in [-0.2, -0.15) is 0 Å². The van der Waals surface area contributed by atoms with Crippen molar-refractivity contribution in [2.45, 2.75) is 18.4 Å². The minimum absolute atomic E-state index is 0.113. The first-order valence-electron chi connectivity index (χ1n) is 5.65. The van der Waals surface area contributed by atoms with Crippen molar-refractivity contribution in [1.82, 2.24) is 9.97 Å². The summed E-state index contributed by atoms with van der Waals surface area (Å²) in [5, 5.41) is 0. The van der Waals surface area contributed by atoms with Crippen molar-refractivity contribution in [3.8, 4) is 11.3 Å². The maximum absolute atomic E-state index is 11.2. The van der Waals surface area contributed by atoms with Gasteiger partial charge in [0, 0.05) is 36.0 Å². The van der Waals surface area contributed by atoms with Gasteiger partial charge in [-0.1, -0.05) is 6.07 Å². The molecule has 4 heteroatoms. The van der Waals surface area contributed by atoms with Crippen LogP contribution < -0.4 is 11.3 Å². The lowest BCUT2D eigenvalue weighted by molar-refractivity contribution is 0.981. The molecule has 3 rings (SSSR count). The summed E-state index contributed by atoms with van der Waals surface area (Å²) in [7, 11) is 0. The highest BCUT2D eigenvalue weighted by atomic mass is 16.1. The summed E-state index contributed by atoms with van der Waals surface area (Å²) in [4.78, 5) is 18.2. The summed E-state index contributed by atoms with van der Waals surface area (Å²) >= 11 is 0. The normalized spacial score (nSPS) is 22.4.